The van der Waals surface area contributed by atoms with Gasteiger partial charge in [-0.3, -0.25) is 9.59 Å². The Balaban J connectivity index is 1.81. The van der Waals surface area contributed by atoms with Crippen LogP contribution in [0.3, 0.4) is 0 Å². The van der Waals surface area contributed by atoms with Gasteiger partial charge >= 0.3 is 0 Å². The molecule has 7 nitrogen and oxygen atoms in total. The van der Waals surface area contributed by atoms with Gasteiger partial charge in [-0.25, -0.2) is 0 Å². The summed E-state index contributed by atoms with van der Waals surface area (Å²) in [4.78, 5) is 28.0. The number of aromatic amines is 1. The standard InChI is InChI=1S/C22H22N2O5/c1-28-18-4-3-5-19(29-2)20(18)17-9-13-7-6-12(8-15(13)22(27)24-17)16-10-14(11-25)23-21(16)26/h3-9,14,16,25H,10-11H2,1-2H3,(H,23,26)(H,24,27)/t14?,16-/m1/s1. The summed E-state index contributed by atoms with van der Waals surface area (Å²) in [5, 5.41) is 13.3. The molecule has 1 unspecified atom stereocenters. The van der Waals surface area contributed by atoms with Gasteiger partial charge in [0.05, 0.1) is 44.0 Å². The minimum Gasteiger partial charge on any atom is -0.496 e. The SMILES string of the molecule is COc1cccc(OC)c1-c1cc2ccc([C@H]3CC(CO)NC3=O)cc2c(=O)[nH]1. The van der Waals surface area contributed by atoms with Crippen LogP contribution in [0, 0.1) is 0 Å². The fourth-order valence-corrected chi connectivity index (χ4v) is 3.91. The molecule has 1 saturated heterocycles. The van der Waals surface area contributed by atoms with Gasteiger partial charge < -0.3 is 24.9 Å². The van der Waals surface area contributed by atoms with E-state index < -0.39 is 0 Å². The quantitative estimate of drug-likeness (QED) is 0.616. The van der Waals surface area contributed by atoms with Crippen LogP contribution in [0.1, 0.15) is 17.9 Å². The Morgan fingerprint density at radius 2 is 1.79 bits per heavy atom. The molecule has 4 rings (SSSR count). The van der Waals surface area contributed by atoms with E-state index in [-0.39, 0.29) is 30.0 Å². The van der Waals surface area contributed by atoms with Gasteiger partial charge in [0.25, 0.3) is 5.56 Å². The molecule has 1 aliphatic heterocycles. The lowest BCUT2D eigenvalue weighted by Gasteiger charge is -2.14. The van der Waals surface area contributed by atoms with E-state index in [9.17, 15) is 14.7 Å². The maximum atomic E-state index is 12.9. The number of ether oxygens (including phenoxy) is 2. The fraction of sp³-hybridized carbons (Fsp3) is 0.273. The van der Waals surface area contributed by atoms with Crippen LogP contribution in [0.5, 0.6) is 11.5 Å². The van der Waals surface area contributed by atoms with Crippen molar-refractivity contribution in [2.45, 2.75) is 18.4 Å². The molecule has 1 amide bonds. The van der Waals surface area contributed by atoms with Crippen LogP contribution in [-0.2, 0) is 4.79 Å². The molecule has 7 heteroatoms. The van der Waals surface area contributed by atoms with Crippen molar-refractivity contribution in [2.75, 3.05) is 20.8 Å². The van der Waals surface area contributed by atoms with Crippen LogP contribution in [0.15, 0.2) is 47.3 Å². The normalized spacial score (nSPS) is 18.7. The second-order valence-corrected chi connectivity index (χ2v) is 7.07. The number of carbonyl (C=O) groups is 1. The van der Waals surface area contributed by atoms with E-state index in [4.69, 9.17) is 9.47 Å². The van der Waals surface area contributed by atoms with Crippen LogP contribution in [0.25, 0.3) is 22.0 Å². The third-order valence-electron chi connectivity index (χ3n) is 5.37. The Bertz CT molecular complexity index is 1120. The zero-order valence-corrected chi connectivity index (χ0v) is 16.2. The van der Waals surface area contributed by atoms with E-state index in [1.807, 2.05) is 24.3 Å². The van der Waals surface area contributed by atoms with Crippen molar-refractivity contribution in [3.05, 3.63) is 58.4 Å². The molecule has 0 bridgehead atoms. The minimum absolute atomic E-state index is 0.0967. The predicted molar refractivity (Wildman–Crippen MR) is 109 cm³/mol. The number of hydrogen-bond acceptors (Lipinski definition) is 5. The van der Waals surface area contributed by atoms with Gasteiger partial charge in [0.1, 0.15) is 11.5 Å². The number of aliphatic hydroxyl groups is 1. The molecule has 3 aromatic rings. The summed E-state index contributed by atoms with van der Waals surface area (Å²) in [6, 6.07) is 12.5. The van der Waals surface area contributed by atoms with Gasteiger partial charge in [-0.1, -0.05) is 18.2 Å². The molecular formula is C22H22N2O5. The maximum Gasteiger partial charge on any atom is 0.256 e. The van der Waals surface area contributed by atoms with E-state index in [2.05, 4.69) is 10.3 Å². The number of H-pyrrole nitrogens is 1. The van der Waals surface area contributed by atoms with Gasteiger partial charge in [0.15, 0.2) is 0 Å². The summed E-state index contributed by atoms with van der Waals surface area (Å²) in [6.45, 7) is -0.0967. The first-order valence-corrected chi connectivity index (χ1v) is 9.35. The number of pyridine rings is 1. The topological polar surface area (TPSA) is 101 Å². The zero-order chi connectivity index (χ0) is 20.5. The number of aromatic nitrogens is 1. The fourth-order valence-electron chi connectivity index (χ4n) is 3.91. The second kappa shape index (κ2) is 7.60. The Labute approximate surface area is 167 Å². The summed E-state index contributed by atoms with van der Waals surface area (Å²) in [5.74, 6) is 0.683. The van der Waals surface area contributed by atoms with Gasteiger partial charge in [-0.15, -0.1) is 0 Å². The molecule has 0 spiro atoms. The lowest BCUT2D eigenvalue weighted by Crippen LogP contribution is -2.28. The molecule has 2 heterocycles. The minimum atomic E-state index is -0.370. The largest absolute Gasteiger partial charge is 0.496 e. The van der Waals surface area contributed by atoms with Crippen molar-refractivity contribution >= 4 is 16.7 Å². The Hall–Kier alpha value is -3.32. The van der Waals surface area contributed by atoms with E-state index in [1.54, 1.807) is 32.4 Å². The van der Waals surface area contributed by atoms with Crippen molar-refractivity contribution < 1.29 is 19.4 Å². The molecule has 0 saturated carbocycles. The maximum absolute atomic E-state index is 12.9. The molecular weight excluding hydrogens is 372 g/mol. The molecule has 2 atom stereocenters. The Morgan fingerprint density at radius 3 is 2.41 bits per heavy atom. The average Bonchev–Trinajstić information content (AvgIpc) is 3.13. The predicted octanol–water partition coefficient (Wildman–Crippen LogP) is 2.18. The van der Waals surface area contributed by atoms with Crippen LogP contribution in [-0.4, -0.2) is 42.9 Å². The van der Waals surface area contributed by atoms with Gasteiger partial charge in [0, 0.05) is 5.39 Å². The zero-order valence-electron chi connectivity index (χ0n) is 16.2. The van der Waals surface area contributed by atoms with Crippen molar-refractivity contribution in [3.8, 4) is 22.8 Å². The van der Waals surface area contributed by atoms with Crippen molar-refractivity contribution in [1.82, 2.24) is 10.3 Å². The molecule has 1 aliphatic rings. The summed E-state index contributed by atoms with van der Waals surface area (Å²) < 4.78 is 10.9. The lowest BCUT2D eigenvalue weighted by molar-refractivity contribution is -0.120. The van der Waals surface area contributed by atoms with Crippen LogP contribution in [0.2, 0.25) is 0 Å². The highest BCUT2D eigenvalue weighted by Crippen LogP contribution is 2.38. The van der Waals surface area contributed by atoms with Gasteiger partial charge in [0.2, 0.25) is 5.91 Å². The molecule has 150 valence electrons. The monoisotopic (exact) mass is 394 g/mol. The van der Waals surface area contributed by atoms with E-state index in [1.165, 1.54) is 0 Å². The number of fused-ring (bicyclic) bond motifs is 1. The molecule has 1 aromatic heterocycles. The van der Waals surface area contributed by atoms with Crippen LogP contribution in [0.4, 0.5) is 0 Å². The Morgan fingerprint density at radius 1 is 1.07 bits per heavy atom. The van der Waals surface area contributed by atoms with Crippen molar-refractivity contribution in [1.29, 1.82) is 0 Å². The van der Waals surface area contributed by atoms with E-state index in [0.29, 0.717) is 34.6 Å². The number of aliphatic hydroxyl groups excluding tert-OH is 1. The number of benzene rings is 2. The first-order valence-electron chi connectivity index (χ1n) is 9.35. The number of carbonyl (C=O) groups excluding carboxylic acids is 1. The van der Waals surface area contributed by atoms with E-state index in [0.717, 1.165) is 10.9 Å². The van der Waals surface area contributed by atoms with Crippen LogP contribution >= 0.6 is 0 Å². The highest BCUT2D eigenvalue weighted by Gasteiger charge is 2.32. The average molecular weight is 394 g/mol. The lowest BCUT2D eigenvalue weighted by atomic mass is 9.93. The number of methoxy groups -OCH3 is 2. The highest BCUT2D eigenvalue weighted by molar-refractivity contribution is 5.91. The molecule has 2 aromatic carbocycles. The summed E-state index contributed by atoms with van der Waals surface area (Å²) >= 11 is 0. The number of nitrogens with one attached hydrogen (secondary N) is 2. The summed E-state index contributed by atoms with van der Waals surface area (Å²) in [6.07, 6.45) is 0.509. The number of amides is 1. The smallest absolute Gasteiger partial charge is 0.256 e. The molecule has 0 radical (unpaired) electrons. The highest BCUT2D eigenvalue weighted by atomic mass is 16.5. The first kappa shape index (κ1) is 19.0. The van der Waals surface area contributed by atoms with Gasteiger partial charge in [-0.05, 0) is 41.6 Å². The summed E-state index contributed by atoms with van der Waals surface area (Å²) in [7, 11) is 3.13. The van der Waals surface area contributed by atoms with Crippen LogP contribution < -0.4 is 20.3 Å². The van der Waals surface area contributed by atoms with Crippen molar-refractivity contribution in [3.63, 3.8) is 0 Å². The van der Waals surface area contributed by atoms with Crippen molar-refractivity contribution in [2.24, 2.45) is 0 Å². The molecule has 3 N–H and O–H groups in total. The summed E-state index contributed by atoms with van der Waals surface area (Å²) in [5.41, 5.74) is 1.76. The number of hydrogen-bond donors (Lipinski definition) is 3. The van der Waals surface area contributed by atoms with E-state index >= 15 is 0 Å². The number of rotatable bonds is 5. The third kappa shape index (κ3) is 3.34. The molecule has 0 aliphatic carbocycles. The molecule has 1 fully saturated rings. The third-order valence-corrected chi connectivity index (χ3v) is 5.37. The molecule has 29 heavy (non-hydrogen) atoms. The Kier molecular flexibility index (Phi) is 4.98. The van der Waals surface area contributed by atoms with Gasteiger partial charge in [-0.2, -0.15) is 0 Å². The first-order chi connectivity index (χ1) is 14.0. The second-order valence-electron chi connectivity index (χ2n) is 7.07.